The second-order valence-electron chi connectivity index (χ2n) is 3.99. The molecule has 0 radical (unpaired) electrons. The Hall–Kier alpha value is -2.04. The van der Waals surface area contributed by atoms with Gasteiger partial charge in [-0.3, -0.25) is 9.59 Å². The molecule has 1 unspecified atom stereocenters. The van der Waals surface area contributed by atoms with Crippen LogP contribution in [-0.2, 0) is 4.79 Å². The van der Waals surface area contributed by atoms with Crippen LogP contribution >= 0.6 is 11.8 Å². The normalized spacial score (nSPS) is 17.1. The molecule has 20 heavy (non-hydrogen) atoms. The summed E-state index contributed by atoms with van der Waals surface area (Å²) >= 11 is 1.03. The topological polar surface area (TPSA) is 84.2 Å². The van der Waals surface area contributed by atoms with Crippen molar-refractivity contribution in [1.82, 2.24) is 5.32 Å². The molecular weight excluding hydrogens is 281 g/mol. The Morgan fingerprint density at radius 1 is 1.60 bits per heavy atom. The van der Waals surface area contributed by atoms with Gasteiger partial charge in [0, 0.05) is 11.3 Å². The van der Waals surface area contributed by atoms with Crippen LogP contribution in [0.15, 0.2) is 18.2 Å². The number of hydrogen-bond acceptors (Lipinski definition) is 4. The van der Waals surface area contributed by atoms with Crippen molar-refractivity contribution in [3.8, 4) is 11.8 Å². The average molecular weight is 293 g/mol. The first-order valence-corrected chi connectivity index (χ1v) is 6.81. The molecule has 1 fully saturated rings. The fourth-order valence-electron chi connectivity index (χ4n) is 1.59. The van der Waals surface area contributed by atoms with Gasteiger partial charge in [0.1, 0.15) is 11.9 Å². The fraction of sp³-hybridized carbons (Fsp3) is 0.231. The van der Waals surface area contributed by atoms with Crippen molar-refractivity contribution in [2.45, 2.75) is 6.04 Å². The van der Waals surface area contributed by atoms with Gasteiger partial charge in [0.2, 0.25) is 5.91 Å². The molecule has 1 saturated heterocycles. The highest BCUT2D eigenvalue weighted by molar-refractivity contribution is 8.14. The van der Waals surface area contributed by atoms with Crippen LogP contribution in [0.3, 0.4) is 0 Å². The Morgan fingerprint density at radius 3 is 3.00 bits per heavy atom. The lowest BCUT2D eigenvalue weighted by Gasteiger charge is -2.11. The maximum absolute atomic E-state index is 13.8. The molecule has 1 aromatic rings. The van der Waals surface area contributed by atoms with Gasteiger partial charge in [0.05, 0.1) is 12.2 Å². The second-order valence-corrected chi connectivity index (χ2v) is 4.98. The summed E-state index contributed by atoms with van der Waals surface area (Å²) in [5.41, 5.74) is 5.77. The first kappa shape index (κ1) is 14.4. The van der Waals surface area contributed by atoms with Crippen LogP contribution in [0.4, 0.5) is 14.9 Å². The van der Waals surface area contributed by atoms with Gasteiger partial charge in [-0.1, -0.05) is 23.6 Å². The number of nitrogens with one attached hydrogen (secondary N) is 2. The predicted molar refractivity (Wildman–Crippen MR) is 75.7 cm³/mol. The number of hydrogen-bond donors (Lipinski definition) is 3. The van der Waals surface area contributed by atoms with Crippen molar-refractivity contribution < 1.29 is 14.0 Å². The van der Waals surface area contributed by atoms with Crippen LogP contribution in [0.2, 0.25) is 0 Å². The van der Waals surface area contributed by atoms with Crippen LogP contribution in [-0.4, -0.2) is 29.5 Å². The number of thioether (sulfide) groups is 1. The molecule has 5 nitrogen and oxygen atoms in total. The summed E-state index contributed by atoms with van der Waals surface area (Å²) < 4.78 is 13.8. The molecular formula is C13H12FN3O2S. The van der Waals surface area contributed by atoms with Crippen molar-refractivity contribution in [1.29, 1.82) is 0 Å². The predicted octanol–water partition coefficient (Wildman–Crippen LogP) is 0.899. The molecule has 1 aromatic carbocycles. The molecule has 1 heterocycles. The van der Waals surface area contributed by atoms with Crippen molar-refractivity contribution in [3.05, 3.63) is 29.6 Å². The summed E-state index contributed by atoms with van der Waals surface area (Å²) in [4.78, 5) is 22.8. The van der Waals surface area contributed by atoms with E-state index in [0.29, 0.717) is 11.3 Å². The van der Waals surface area contributed by atoms with E-state index in [9.17, 15) is 14.0 Å². The monoisotopic (exact) mass is 293 g/mol. The number of benzene rings is 1. The summed E-state index contributed by atoms with van der Waals surface area (Å²) in [6, 6.07) is 3.60. The van der Waals surface area contributed by atoms with E-state index in [1.165, 1.54) is 12.1 Å². The Labute approximate surface area is 119 Å². The molecule has 4 N–H and O–H groups in total. The number of rotatable bonds is 2. The number of carbonyl (C=O) groups is 2. The van der Waals surface area contributed by atoms with Gasteiger partial charge in [-0.05, 0) is 18.2 Å². The minimum atomic E-state index is -0.636. The van der Waals surface area contributed by atoms with Gasteiger partial charge in [-0.15, -0.1) is 0 Å². The molecule has 1 aliphatic heterocycles. The van der Waals surface area contributed by atoms with Crippen LogP contribution in [0, 0.1) is 17.7 Å². The zero-order valence-corrected chi connectivity index (χ0v) is 11.2. The number of anilines is 1. The van der Waals surface area contributed by atoms with E-state index in [4.69, 9.17) is 5.73 Å². The SMILES string of the molecule is NCC#Cc1ccc(NC(=O)C2CSC(=O)N2)c(F)c1. The lowest BCUT2D eigenvalue weighted by atomic mass is 10.2. The minimum Gasteiger partial charge on any atom is -0.334 e. The first-order valence-electron chi connectivity index (χ1n) is 5.83. The maximum atomic E-state index is 13.8. The van der Waals surface area contributed by atoms with Gasteiger partial charge < -0.3 is 16.4 Å². The summed E-state index contributed by atoms with van der Waals surface area (Å²) in [5.74, 6) is 4.63. The molecule has 2 rings (SSSR count). The number of amides is 2. The molecule has 0 aliphatic carbocycles. The lowest BCUT2D eigenvalue weighted by molar-refractivity contribution is -0.117. The highest BCUT2D eigenvalue weighted by atomic mass is 32.2. The van der Waals surface area contributed by atoms with Crippen molar-refractivity contribution in [2.24, 2.45) is 5.73 Å². The van der Waals surface area contributed by atoms with Crippen LogP contribution in [0.25, 0.3) is 0 Å². The Bertz CT molecular complexity index is 609. The third-order valence-corrected chi connectivity index (χ3v) is 3.43. The first-order chi connectivity index (χ1) is 9.60. The van der Waals surface area contributed by atoms with Gasteiger partial charge in [0.25, 0.3) is 5.24 Å². The molecule has 0 spiro atoms. The van der Waals surface area contributed by atoms with Crippen molar-refractivity contribution in [3.63, 3.8) is 0 Å². The van der Waals surface area contributed by atoms with Gasteiger partial charge in [-0.2, -0.15) is 0 Å². The number of carbonyl (C=O) groups excluding carboxylic acids is 2. The third-order valence-electron chi connectivity index (χ3n) is 2.55. The third kappa shape index (κ3) is 3.50. The summed E-state index contributed by atoms with van der Waals surface area (Å²) in [5, 5.41) is 4.68. The van der Waals surface area contributed by atoms with E-state index < -0.39 is 17.8 Å². The highest BCUT2D eigenvalue weighted by Crippen LogP contribution is 2.18. The Morgan fingerprint density at radius 2 is 2.40 bits per heavy atom. The maximum Gasteiger partial charge on any atom is 0.279 e. The highest BCUT2D eigenvalue weighted by Gasteiger charge is 2.28. The van der Waals surface area contributed by atoms with E-state index in [-0.39, 0.29) is 17.5 Å². The second kappa shape index (κ2) is 6.41. The molecule has 104 valence electrons. The van der Waals surface area contributed by atoms with Crippen molar-refractivity contribution in [2.75, 3.05) is 17.6 Å². The van der Waals surface area contributed by atoms with Crippen molar-refractivity contribution >= 4 is 28.6 Å². The van der Waals surface area contributed by atoms with Crippen LogP contribution in [0.5, 0.6) is 0 Å². The standard InChI is InChI=1S/C13H12FN3O2S/c14-9-6-8(2-1-5-15)3-4-10(9)16-12(18)11-7-20-13(19)17-11/h3-4,6,11H,5,7,15H2,(H,16,18)(H,17,19). The van der Waals surface area contributed by atoms with Gasteiger partial charge >= 0.3 is 0 Å². The van der Waals surface area contributed by atoms with Gasteiger partial charge in [0.15, 0.2) is 0 Å². The van der Waals surface area contributed by atoms with E-state index in [0.717, 1.165) is 11.8 Å². The van der Waals surface area contributed by atoms with Crippen LogP contribution in [0.1, 0.15) is 5.56 Å². The largest absolute Gasteiger partial charge is 0.334 e. The molecule has 1 atom stereocenters. The van der Waals surface area contributed by atoms with E-state index >= 15 is 0 Å². The number of halogens is 1. The Balaban J connectivity index is 2.06. The number of nitrogens with two attached hydrogens (primary N) is 1. The van der Waals surface area contributed by atoms with E-state index in [1.807, 2.05) is 0 Å². The zero-order valence-electron chi connectivity index (χ0n) is 10.4. The molecule has 0 bridgehead atoms. The van der Waals surface area contributed by atoms with Crippen LogP contribution < -0.4 is 16.4 Å². The zero-order chi connectivity index (χ0) is 14.5. The summed E-state index contributed by atoms with van der Waals surface area (Å²) in [6.07, 6.45) is 0. The molecule has 7 heteroatoms. The summed E-state index contributed by atoms with van der Waals surface area (Å²) in [6.45, 7) is 0.194. The minimum absolute atomic E-state index is 0.0550. The lowest BCUT2D eigenvalue weighted by Crippen LogP contribution is -2.38. The smallest absolute Gasteiger partial charge is 0.279 e. The fourth-order valence-corrected chi connectivity index (χ4v) is 2.37. The van der Waals surface area contributed by atoms with E-state index in [2.05, 4.69) is 22.5 Å². The molecule has 0 aromatic heterocycles. The molecule has 1 aliphatic rings. The summed E-state index contributed by atoms with van der Waals surface area (Å²) in [7, 11) is 0. The molecule has 0 saturated carbocycles. The average Bonchev–Trinajstić information content (AvgIpc) is 2.86. The van der Waals surface area contributed by atoms with E-state index in [1.54, 1.807) is 6.07 Å². The quantitative estimate of drug-likeness (QED) is 0.707. The van der Waals surface area contributed by atoms with Gasteiger partial charge in [-0.25, -0.2) is 4.39 Å². The Kier molecular flexibility index (Phi) is 4.61. The molecule has 2 amide bonds.